The van der Waals surface area contributed by atoms with Gasteiger partial charge in [0, 0.05) is 0 Å². The lowest BCUT2D eigenvalue weighted by Gasteiger charge is -2.09. The predicted molar refractivity (Wildman–Crippen MR) is 43.6 cm³/mol. The number of hydrogen-bond acceptors (Lipinski definition) is 2. The van der Waals surface area contributed by atoms with Crippen LogP contribution in [0.5, 0.6) is 0 Å². The summed E-state index contributed by atoms with van der Waals surface area (Å²) >= 11 is 3.01. The number of halogens is 1. The summed E-state index contributed by atoms with van der Waals surface area (Å²) in [5.74, 6) is -1.36. The lowest BCUT2D eigenvalue weighted by molar-refractivity contribution is -0.141. The molecule has 0 aliphatic heterocycles. The van der Waals surface area contributed by atoms with Gasteiger partial charge in [-0.2, -0.15) is 0 Å². The Labute approximate surface area is 73.1 Å². The Bertz CT molecular complexity index is 169. The number of carbonyl (C=O) groups is 2. The molecule has 0 aliphatic carbocycles. The van der Waals surface area contributed by atoms with E-state index in [9.17, 15) is 9.59 Å². The van der Waals surface area contributed by atoms with Crippen molar-refractivity contribution in [1.29, 1.82) is 0 Å². The Kier molecular flexibility index (Phi) is 4.10. The normalized spacial score (nSPS) is 15.2. The predicted octanol–water partition coefficient (Wildman–Crippen LogP) is 0.359. The molecular formula is C6H10BrNO3. The lowest BCUT2D eigenvalue weighted by atomic mass is 10.3. The molecule has 0 aromatic carbocycles. The molecule has 0 rings (SSSR count). The molecule has 0 aliphatic rings. The highest BCUT2D eigenvalue weighted by atomic mass is 79.9. The number of nitrogens with one attached hydrogen (secondary N) is 1. The van der Waals surface area contributed by atoms with Gasteiger partial charge in [0.1, 0.15) is 6.04 Å². The van der Waals surface area contributed by atoms with E-state index in [0.717, 1.165) is 0 Å². The number of hydrogen-bond donors (Lipinski definition) is 2. The fraction of sp³-hybridized carbons (Fsp3) is 0.667. The molecule has 0 fully saturated rings. The first kappa shape index (κ1) is 10.4. The van der Waals surface area contributed by atoms with E-state index in [4.69, 9.17) is 5.11 Å². The third kappa shape index (κ3) is 3.98. The second-order valence-corrected chi connectivity index (χ2v) is 3.56. The van der Waals surface area contributed by atoms with Gasteiger partial charge in [-0.15, -0.1) is 0 Å². The van der Waals surface area contributed by atoms with E-state index in [2.05, 4.69) is 21.2 Å². The summed E-state index contributed by atoms with van der Waals surface area (Å²) in [5.41, 5.74) is 0. The van der Waals surface area contributed by atoms with Crippen LogP contribution in [0.4, 0.5) is 0 Å². The summed E-state index contributed by atoms with van der Waals surface area (Å²) in [7, 11) is 0. The van der Waals surface area contributed by atoms with Gasteiger partial charge in [0.25, 0.3) is 0 Å². The maximum absolute atomic E-state index is 10.8. The van der Waals surface area contributed by atoms with E-state index in [1.807, 2.05) is 0 Å². The molecular weight excluding hydrogens is 214 g/mol. The standard InChI is InChI=1S/C6H10BrNO3/c1-3(7)5(9)8-4(2)6(10)11/h3-4H,1-2H3,(H,8,9)(H,10,11). The summed E-state index contributed by atoms with van der Waals surface area (Å²) in [6.45, 7) is 3.04. The van der Waals surface area contributed by atoms with Gasteiger partial charge < -0.3 is 10.4 Å². The molecule has 0 spiro atoms. The molecule has 64 valence electrons. The van der Waals surface area contributed by atoms with Crippen LogP contribution >= 0.6 is 15.9 Å². The molecule has 0 aromatic heterocycles. The molecule has 0 aromatic rings. The first-order valence-electron chi connectivity index (χ1n) is 3.12. The van der Waals surface area contributed by atoms with Crippen molar-refractivity contribution in [2.45, 2.75) is 24.7 Å². The average molecular weight is 224 g/mol. The van der Waals surface area contributed by atoms with Crippen molar-refractivity contribution < 1.29 is 14.7 Å². The molecule has 0 heterocycles. The smallest absolute Gasteiger partial charge is 0.325 e. The van der Waals surface area contributed by atoms with Gasteiger partial charge in [0.05, 0.1) is 4.83 Å². The molecule has 0 saturated carbocycles. The van der Waals surface area contributed by atoms with Crippen molar-refractivity contribution >= 4 is 27.8 Å². The fourth-order valence-electron chi connectivity index (χ4n) is 0.390. The number of alkyl halides is 1. The topological polar surface area (TPSA) is 66.4 Å². The van der Waals surface area contributed by atoms with Crippen LogP contribution in [0.1, 0.15) is 13.8 Å². The monoisotopic (exact) mass is 223 g/mol. The SMILES string of the molecule is CC(Br)C(=O)NC(C)C(=O)O. The van der Waals surface area contributed by atoms with Gasteiger partial charge in [-0.25, -0.2) is 0 Å². The molecule has 2 atom stereocenters. The van der Waals surface area contributed by atoms with Gasteiger partial charge in [-0.05, 0) is 13.8 Å². The van der Waals surface area contributed by atoms with Gasteiger partial charge in [0.2, 0.25) is 5.91 Å². The van der Waals surface area contributed by atoms with E-state index in [1.54, 1.807) is 6.92 Å². The zero-order valence-electron chi connectivity index (χ0n) is 6.30. The maximum Gasteiger partial charge on any atom is 0.325 e. The zero-order chi connectivity index (χ0) is 9.02. The molecule has 1 amide bonds. The lowest BCUT2D eigenvalue weighted by Crippen LogP contribution is -2.41. The summed E-state index contributed by atoms with van der Waals surface area (Å²) < 4.78 is 0. The third-order valence-corrected chi connectivity index (χ3v) is 1.51. The number of carboxylic acids is 1. The van der Waals surface area contributed by atoms with Crippen LogP contribution < -0.4 is 5.32 Å². The minimum absolute atomic E-state index is 0.320. The Morgan fingerprint density at radius 2 is 1.91 bits per heavy atom. The average Bonchev–Trinajstić information content (AvgIpc) is 1.87. The van der Waals surface area contributed by atoms with E-state index in [0.29, 0.717) is 0 Å². The van der Waals surface area contributed by atoms with Crippen LogP contribution in [-0.4, -0.2) is 27.9 Å². The highest BCUT2D eigenvalue weighted by Gasteiger charge is 2.16. The molecule has 4 nitrogen and oxygen atoms in total. The Hall–Kier alpha value is -0.580. The molecule has 11 heavy (non-hydrogen) atoms. The van der Waals surface area contributed by atoms with Crippen LogP contribution in [0.3, 0.4) is 0 Å². The van der Waals surface area contributed by atoms with E-state index >= 15 is 0 Å². The Morgan fingerprint density at radius 3 is 2.18 bits per heavy atom. The van der Waals surface area contributed by atoms with Crippen molar-refractivity contribution in [2.24, 2.45) is 0 Å². The highest BCUT2D eigenvalue weighted by molar-refractivity contribution is 9.10. The van der Waals surface area contributed by atoms with Crippen LogP contribution in [0.2, 0.25) is 0 Å². The van der Waals surface area contributed by atoms with Crippen LogP contribution in [0, 0.1) is 0 Å². The quantitative estimate of drug-likeness (QED) is 0.680. The zero-order valence-corrected chi connectivity index (χ0v) is 7.88. The number of aliphatic carboxylic acids is 1. The van der Waals surface area contributed by atoms with E-state index in [1.165, 1.54) is 6.92 Å². The van der Waals surface area contributed by atoms with Gasteiger partial charge in [-0.1, -0.05) is 15.9 Å². The minimum atomic E-state index is -1.04. The number of amides is 1. The summed E-state index contributed by atoms with van der Waals surface area (Å²) in [5, 5.41) is 10.7. The van der Waals surface area contributed by atoms with Crippen molar-refractivity contribution in [3.63, 3.8) is 0 Å². The number of rotatable bonds is 3. The van der Waals surface area contributed by atoms with Crippen molar-refractivity contribution in [1.82, 2.24) is 5.32 Å². The van der Waals surface area contributed by atoms with Crippen molar-refractivity contribution in [2.75, 3.05) is 0 Å². The van der Waals surface area contributed by atoms with Gasteiger partial charge in [-0.3, -0.25) is 9.59 Å². The van der Waals surface area contributed by atoms with Gasteiger partial charge in [0.15, 0.2) is 0 Å². The minimum Gasteiger partial charge on any atom is -0.480 e. The second kappa shape index (κ2) is 4.33. The van der Waals surface area contributed by atoms with Crippen molar-refractivity contribution in [3.8, 4) is 0 Å². The molecule has 0 radical (unpaired) electrons. The summed E-state index contributed by atoms with van der Waals surface area (Å²) in [6, 6.07) is -0.831. The van der Waals surface area contributed by atoms with Crippen LogP contribution in [-0.2, 0) is 9.59 Å². The third-order valence-electron chi connectivity index (χ3n) is 1.09. The Balaban J connectivity index is 3.85. The summed E-state index contributed by atoms with van der Waals surface area (Å²) in [6.07, 6.45) is 0. The molecule has 2 N–H and O–H groups in total. The largest absolute Gasteiger partial charge is 0.480 e. The number of carboxylic acid groups (broad SMARTS) is 1. The maximum atomic E-state index is 10.8. The number of carbonyl (C=O) groups excluding carboxylic acids is 1. The van der Waals surface area contributed by atoms with E-state index < -0.39 is 12.0 Å². The molecule has 5 heteroatoms. The second-order valence-electron chi connectivity index (χ2n) is 2.18. The summed E-state index contributed by atoms with van der Waals surface area (Å²) in [4.78, 5) is 20.7. The Morgan fingerprint density at radius 1 is 1.45 bits per heavy atom. The first-order chi connectivity index (χ1) is 4.95. The molecule has 0 bridgehead atoms. The molecule has 2 unspecified atom stereocenters. The van der Waals surface area contributed by atoms with E-state index in [-0.39, 0.29) is 10.7 Å². The van der Waals surface area contributed by atoms with Crippen LogP contribution in [0.15, 0.2) is 0 Å². The fourth-order valence-corrected chi connectivity index (χ4v) is 0.522. The first-order valence-corrected chi connectivity index (χ1v) is 4.04. The van der Waals surface area contributed by atoms with Crippen molar-refractivity contribution in [3.05, 3.63) is 0 Å². The van der Waals surface area contributed by atoms with Crippen LogP contribution in [0.25, 0.3) is 0 Å². The van der Waals surface area contributed by atoms with Gasteiger partial charge >= 0.3 is 5.97 Å². The highest BCUT2D eigenvalue weighted by Crippen LogP contribution is 1.97. The molecule has 0 saturated heterocycles.